The van der Waals surface area contributed by atoms with Crippen LogP contribution in [-0.2, 0) is 4.79 Å². The molecule has 2 aliphatic rings. The third kappa shape index (κ3) is 5.05. The van der Waals surface area contributed by atoms with E-state index in [1.165, 1.54) is 11.8 Å². The van der Waals surface area contributed by atoms with Gasteiger partial charge in [-0.3, -0.25) is 9.59 Å². The van der Waals surface area contributed by atoms with Crippen molar-refractivity contribution in [2.45, 2.75) is 43.7 Å². The Kier molecular flexibility index (Phi) is 6.42. The van der Waals surface area contributed by atoms with Crippen LogP contribution in [0.3, 0.4) is 0 Å². The molecule has 0 saturated heterocycles. The molecule has 0 unspecified atom stereocenters. The number of fused-ring (bicyclic) bond motifs is 1. The van der Waals surface area contributed by atoms with Crippen molar-refractivity contribution in [2.24, 2.45) is 5.92 Å². The first-order valence-corrected chi connectivity index (χ1v) is 11.1. The molecule has 0 bridgehead atoms. The zero-order valence-corrected chi connectivity index (χ0v) is 17.7. The van der Waals surface area contributed by atoms with Gasteiger partial charge in [0, 0.05) is 24.0 Å². The maximum Gasteiger partial charge on any atom is 0.254 e. The first kappa shape index (κ1) is 20.5. The Morgan fingerprint density at radius 2 is 1.93 bits per heavy atom. The minimum absolute atomic E-state index is 0.124. The molecule has 7 nitrogen and oxygen atoms in total. The summed E-state index contributed by atoms with van der Waals surface area (Å²) < 4.78 is 10.6. The summed E-state index contributed by atoms with van der Waals surface area (Å²) in [5, 5.41) is 6.52. The largest absolute Gasteiger partial charge is 0.454 e. The zero-order valence-electron chi connectivity index (χ0n) is 16.8. The number of rotatable bonds is 6. The second-order valence-electron chi connectivity index (χ2n) is 7.69. The van der Waals surface area contributed by atoms with E-state index in [4.69, 9.17) is 9.47 Å². The molecule has 2 aromatic rings. The number of carbonyl (C=O) groups is 2. The van der Waals surface area contributed by atoms with E-state index in [0.717, 1.165) is 31.6 Å². The SMILES string of the molecule is CC1CCC(NC(=O)c2cccnc2SCC(=O)Nc2ccc3c(c2)OCO3)CC1. The van der Waals surface area contributed by atoms with Crippen molar-refractivity contribution in [3.63, 3.8) is 0 Å². The molecule has 4 rings (SSSR count). The third-order valence-electron chi connectivity index (χ3n) is 5.36. The lowest BCUT2D eigenvalue weighted by atomic mass is 9.87. The molecule has 2 N–H and O–H groups in total. The summed E-state index contributed by atoms with van der Waals surface area (Å²) in [5.41, 5.74) is 1.15. The van der Waals surface area contributed by atoms with Gasteiger partial charge in [-0.15, -0.1) is 0 Å². The van der Waals surface area contributed by atoms with Gasteiger partial charge in [0.1, 0.15) is 5.03 Å². The highest BCUT2D eigenvalue weighted by Crippen LogP contribution is 2.34. The fraction of sp³-hybridized carbons (Fsp3) is 0.409. The Labute approximate surface area is 179 Å². The number of aromatic nitrogens is 1. The van der Waals surface area contributed by atoms with Crippen LogP contribution >= 0.6 is 11.8 Å². The Hall–Kier alpha value is -2.74. The summed E-state index contributed by atoms with van der Waals surface area (Å²) in [6.07, 6.45) is 5.93. The van der Waals surface area contributed by atoms with Crippen LogP contribution in [0.25, 0.3) is 0 Å². The number of anilines is 1. The van der Waals surface area contributed by atoms with E-state index in [2.05, 4.69) is 22.5 Å². The molecule has 1 saturated carbocycles. The van der Waals surface area contributed by atoms with Crippen LogP contribution in [-0.4, -0.2) is 35.4 Å². The third-order valence-corrected chi connectivity index (χ3v) is 6.37. The molecule has 1 aromatic heterocycles. The summed E-state index contributed by atoms with van der Waals surface area (Å²) in [6.45, 7) is 2.44. The monoisotopic (exact) mass is 427 g/mol. The summed E-state index contributed by atoms with van der Waals surface area (Å²) in [5.74, 6) is 1.84. The average Bonchev–Trinajstić information content (AvgIpc) is 3.22. The van der Waals surface area contributed by atoms with E-state index >= 15 is 0 Å². The fourth-order valence-electron chi connectivity index (χ4n) is 3.65. The number of hydrogen-bond acceptors (Lipinski definition) is 6. The fourth-order valence-corrected chi connectivity index (χ4v) is 4.44. The minimum Gasteiger partial charge on any atom is -0.454 e. The predicted octanol–water partition coefficient (Wildman–Crippen LogP) is 3.85. The predicted molar refractivity (Wildman–Crippen MR) is 115 cm³/mol. The van der Waals surface area contributed by atoms with Gasteiger partial charge in [-0.1, -0.05) is 18.7 Å². The van der Waals surface area contributed by atoms with E-state index in [1.807, 2.05) is 0 Å². The molecule has 1 aliphatic heterocycles. The van der Waals surface area contributed by atoms with Crippen molar-refractivity contribution in [1.82, 2.24) is 10.3 Å². The van der Waals surface area contributed by atoms with E-state index in [1.54, 1.807) is 36.5 Å². The first-order valence-electron chi connectivity index (χ1n) is 10.2. The van der Waals surface area contributed by atoms with Crippen LogP contribution in [0.1, 0.15) is 43.0 Å². The number of benzene rings is 1. The standard InChI is InChI=1S/C22H25N3O4S/c1-14-4-6-15(7-5-14)25-21(27)17-3-2-10-23-22(17)30-12-20(26)24-16-8-9-18-19(11-16)29-13-28-18/h2-3,8-11,14-15H,4-7,12-13H2,1H3,(H,24,26)(H,25,27). The molecule has 158 valence electrons. The number of nitrogens with zero attached hydrogens (tertiary/aromatic N) is 1. The van der Waals surface area contributed by atoms with Gasteiger partial charge in [0.05, 0.1) is 11.3 Å². The Balaban J connectivity index is 1.33. The van der Waals surface area contributed by atoms with Crippen molar-refractivity contribution < 1.29 is 19.1 Å². The molecule has 1 fully saturated rings. The molecule has 1 aromatic carbocycles. The normalized spacial score (nSPS) is 19.9. The number of pyridine rings is 1. The van der Waals surface area contributed by atoms with Gasteiger partial charge in [0.15, 0.2) is 11.5 Å². The number of ether oxygens (including phenoxy) is 2. The summed E-state index contributed by atoms with van der Waals surface area (Å²) in [4.78, 5) is 29.5. The zero-order chi connectivity index (χ0) is 20.9. The molecule has 2 heterocycles. The van der Waals surface area contributed by atoms with Crippen LogP contribution in [0.15, 0.2) is 41.6 Å². The van der Waals surface area contributed by atoms with Crippen molar-refractivity contribution in [1.29, 1.82) is 0 Å². The van der Waals surface area contributed by atoms with Crippen LogP contribution in [0.2, 0.25) is 0 Å². The topological polar surface area (TPSA) is 89.6 Å². The highest BCUT2D eigenvalue weighted by molar-refractivity contribution is 8.00. The molecular weight excluding hydrogens is 402 g/mol. The number of amides is 2. The van der Waals surface area contributed by atoms with Crippen molar-refractivity contribution in [3.8, 4) is 11.5 Å². The lowest BCUT2D eigenvalue weighted by Crippen LogP contribution is -2.37. The van der Waals surface area contributed by atoms with Crippen LogP contribution in [0.5, 0.6) is 11.5 Å². The average molecular weight is 428 g/mol. The Morgan fingerprint density at radius 1 is 1.13 bits per heavy atom. The molecule has 8 heteroatoms. The molecule has 0 spiro atoms. The van der Waals surface area contributed by atoms with Crippen LogP contribution < -0.4 is 20.1 Å². The van der Waals surface area contributed by atoms with E-state index in [0.29, 0.717) is 27.8 Å². The first-order chi connectivity index (χ1) is 14.6. The smallest absolute Gasteiger partial charge is 0.254 e. The summed E-state index contributed by atoms with van der Waals surface area (Å²) >= 11 is 1.25. The highest BCUT2D eigenvalue weighted by atomic mass is 32.2. The minimum atomic E-state index is -0.183. The molecule has 2 amide bonds. The van der Waals surface area contributed by atoms with E-state index in [9.17, 15) is 9.59 Å². The summed E-state index contributed by atoms with van der Waals surface area (Å²) in [7, 11) is 0. The van der Waals surface area contributed by atoms with Gasteiger partial charge < -0.3 is 20.1 Å². The van der Waals surface area contributed by atoms with Gasteiger partial charge in [0.25, 0.3) is 5.91 Å². The van der Waals surface area contributed by atoms with E-state index < -0.39 is 0 Å². The van der Waals surface area contributed by atoms with Crippen molar-refractivity contribution >= 4 is 29.3 Å². The van der Waals surface area contributed by atoms with Crippen LogP contribution in [0, 0.1) is 5.92 Å². The van der Waals surface area contributed by atoms with E-state index in [-0.39, 0.29) is 30.4 Å². The van der Waals surface area contributed by atoms with Gasteiger partial charge in [0.2, 0.25) is 12.7 Å². The second-order valence-corrected chi connectivity index (χ2v) is 8.66. The second kappa shape index (κ2) is 9.38. The maximum atomic E-state index is 12.8. The molecule has 30 heavy (non-hydrogen) atoms. The van der Waals surface area contributed by atoms with Gasteiger partial charge in [-0.25, -0.2) is 4.98 Å². The number of carbonyl (C=O) groups excluding carboxylic acids is 2. The molecule has 0 radical (unpaired) electrons. The van der Waals surface area contributed by atoms with Gasteiger partial charge in [-0.2, -0.15) is 0 Å². The number of thioether (sulfide) groups is 1. The Morgan fingerprint density at radius 3 is 2.77 bits per heavy atom. The van der Waals surface area contributed by atoms with Crippen molar-refractivity contribution in [2.75, 3.05) is 17.9 Å². The molecule has 0 atom stereocenters. The van der Waals surface area contributed by atoms with Crippen molar-refractivity contribution in [3.05, 3.63) is 42.1 Å². The van der Waals surface area contributed by atoms with Gasteiger partial charge in [-0.05, 0) is 55.9 Å². The van der Waals surface area contributed by atoms with Crippen LogP contribution in [0.4, 0.5) is 5.69 Å². The molecule has 1 aliphatic carbocycles. The maximum absolute atomic E-state index is 12.8. The number of nitrogens with one attached hydrogen (secondary N) is 2. The lowest BCUT2D eigenvalue weighted by molar-refractivity contribution is -0.113. The van der Waals surface area contributed by atoms with Gasteiger partial charge >= 0.3 is 0 Å². The molecular formula is C22H25N3O4S. The lowest BCUT2D eigenvalue weighted by Gasteiger charge is -2.27. The highest BCUT2D eigenvalue weighted by Gasteiger charge is 2.22. The Bertz CT molecular complexity index is 928. The number of hydrogen-bond donors (Lipinski definition) is 2. The summed E-state index contributed by atoms with van der Waals surface area (Å²) in [6, 6.07) is 8.97. The quantitative estimate of drug-likeness (QED) is 0.681.